The van der Waals surface area contributed by atoms with Crippen LogP contribution in [0, 0.1) is 0 Å². The highest BCUT2D eigenvalue weighted by atomic mass is 35.5. The first-order valence-electron chi connectivity index (χ1n) is 5.30. The zero-order valence-electron chi connectivity index (χ0n) is 9.38. The number of hydrogen-bond acceptors (Lipinski definition) is 2. The fraction of sp³-hybridized carbons (Fsp3) is 0.583. The Morgan fingerprint density at radius 1 is 1.33 bits per heavy atom. The molecule has 0 saturated heterocycles. The van der Waals surface area contributed by atoms with Crippen LogP contribution in [0.2, 0.25) is 5.15 Å². The number of aromatic nitrogens is 1. The van der Waals surface area contributed by atoms with E-state index in [1.807, 2.05) is 6.07 Å². The first kappa shape index (κ1) is 10.7. The van der Waals surface area contributed by atoms with Gasteiger partial charge in [0.05, 0.1) is 11.8 Å². The lowest BCUT2D eigenvalue weighted by Gasteiger charge is -2.18. The van der Waals surface area contributed by atoms with Crippen LogP contribution in [-0.4, -0.2) is 11.1 Å². The number of rotatable bonds is 2. The van der Waals surface area contributed by atoms with Gasteiger partial charge in [-0.25, -0.2) is 4.98 Å². The molecular formula is C12H16ClNO. The largest absolute Gasteiger partial charge is 0.490 e. The molecule has 0 amide bonds. The van der Waals surface area contributed by atoms with Gasteiger partial charge in [0.25, 0.3) is 0 Å². The fourth-order valence-corrected chi connectivity index (χ4v) is 1.50. The number of pyridine rings is 1. The molecule has 15 heavy (non-hydrogen) atoms. The second-order valence-corrected chi connectivity index (χ2v) is 5.47. The molecule has 82 valence electrons. The van der Waals surface area contributed by atoms with Gasteiger partial charge in [0.1, 0.15) is 10.9 Å². The molecule has 1 heterocycles. The van der Waals surface area contributed by atoms with Crippen LogP contribution in [0.25, 0.3) is 0 Å². The third-order valence-electron chi connectivity index (χ3n) is 2.36. The van der Waals surface area contributed by atoms with Gasteiger partial charge in [-0.2, -0.15) is 0 Å². The predicted octanol–water partition coefficient (Wildman–Crippen LogP) is 3.57. The van der Waals surface area contributed by atoms with Crippen molar-refractivity contribution in [3.05, 3.63) is 23.0 Å². The molecule has 0 bridgehead atoms. The second-order valence-electron chi connectivity index (χ2n) is 5.08. The molecule has 0 aliphatic heterocycles. The smallest absolute Gasteiger partial charge is 0.133 e. The zero-order valence-corrected chi connectivity index (χ0v) is 10.1. The van der Waals surface area contributed by atoms with Crippen molar-refractivity contribution in [3.63, 3.8) is 0 Å². The van der Waals surface area contributed by atoms with E-state index in [4.69, 9.17) is 16.3 Å². The highest BCUT2D eigenvalue weighted by molar-refractivity contribution is 6.29. The molecule has 2 rings (SSSR count). The maximum Gasteiger partial charge on any atom is 0.133 e. The van der Waals surface area contributed by atoms with E-state index in [0.717, 1.165) is 24.3 Å². The topological polar surface area (TPSA) is 22.1 Å². The molecule has 0 N–H and O–H groups in total. The van der Waals surface area contributed by atoms with E-state index < -0.39 is 0 Å². The van der Waals surface area contributed by atoms with Crippen molar-refractivity contribution in [1.82, 2.24) is 4.98 Å². The summed E-state index contributed by atoms with van der Waals surface area (Å²) in [6.07, 6.45) is 2.71. The predicted molar refractivity (Wildman–Crippen MR) is 61.6 cm³/mol. The van der Waals surface area contributed by atoms with E-state index in [9.17, 15) is 0 Å². The Labute approximate surface area is 95.6 Å². The maximum atomic E-state index is 5.97. The highest BCUT2D eigenvalue weighted by Gasteiger charge is 2.25. The third-order valence-corrected chi connectivity index (χ3v) is 2.56. The van der Waals surface area contributed by atoms with Gasteiger partial charge in [-0.15, -0.1) is 0 Å². The van der Waals surface area contributed by atoms with E-state index in [1.54, 1.807) is 6.07 Å². The van der Waals surface area contributed by atoms with Crippen molar-refractivity contribution >= 4 is 11.6 Å². The van der Waals surface area contributed by atoms with Crippen LogP contribution in [-0.2, 0) is 5.41 Å². The van der Waals surface area contributed by atoms with E-state index in [2.05, 4.69) is 25.8 Å². The summed E-state index contributed by atoms with van der Waals surface area (Å²) in [5.41, 5.74) is 0.984. The zero-order chi connectivity index (χ0) is 11.1. The summed E-state index contributed by atoms with van der Waals surface area (Å²) in [6.45, 7) is 6.35. The van der Waals surface area contributed by atoms with Crippen LogP contribution < -0.4 is 4.74 Å². The Bertz CT molecular complexity index is 366. The monoisotopic (exact) mass is 225 g/mol. The van der Waals surface area contributed by atoms with Crippen LogP contribution in [0.1, 0.15) is 39.3 Å². The lowest BCUT2D eigenvalue weighted by atomic mass is 9.91. The van der Waals surface area contributed by atoms with Gasteiger partial charge in [-0.05, 0) is 12.8 Å². The first-order chi connectivity index (χ1) is 6.95. The third kappa shape index (κ3) is 2.85. The van der Waals surface area contributed by atoms with Gasteiger partial charge in [-0.1, -0.05) is 32.4 Å². The summed E-state index contributed by atoms with van der Waals surface area (Å²) in [5.74, 6) is 0.849. The van der Waals surface area contributed by atoms with Gasteiger partial charge < -0.3 is 4.74 Å². The fourth-order valence-electron chi connectivity index (χ4n) is 1.30. The maximum absolute atomic E-state index is 5.97. The minimum atomic E-state index is 0.00651. The summed E-state index contributed by atoms with van der Waals surface area (Å²) >= 11 is 5.97. The van der Waals surface area contributed by atoms with E-state index >= 15 is 0 Å². The summed E-state index contributed by atoms with van der Waals surface area (Å²) in [5, 5.41) is 0.512. The molecule has 0 unspecified atom stereocenters. The van der Waals surface area contributed by atoms with Gasteiger partial charge in [0.15, 0.2) is 0 Å². The minimum absolute atomic E-state index is 0.00651. The van der Waals surface area contributed by atoms with E-state index in [1.165, 1.54) is 0 Å². The molecule has 1 aliphatic carbocycles. The van der Waals surface area contributed by atoms with E-state index in [0.29, 0.717) is 11.3 Å². The SMILES string of the molecule is CC(C)(C)c1cc(OC2CC2)cc(Cl)n1. The summed E-state index contributed by atoms with van der Waals surface area (Å²) < 4.78 is 5.72. The first-order valence-corrected chi connectivity index (χ1v) is 5.68. The van der Waals surface area contributed by atoms with Crippen molar-refractivity contribution in [2.45, 2.75) is 45.1 Å². The number of halogens is 1. The summed E-state index contributed by atoms with van der Waals surface area (Å²) in [7, 11) is 0. The lowest BCUT2D eigenvalue weighted by molar-refractivity contribution is 0.302. The van der Waals surface area contributed by atoms with Gasteiger partial charge >= 0.3 is 0 Å². The van der Waals surface area contributed by atoms with Crippen molar-refractivity contribution in [2.75, 3.05) is 0 Å². The molecule has 1 aliphatic rings. The van der Waals surface area contributed by atoms with Crippen molar-refractivity contribution in [3.8, 4) is 5.75 Å². The van der Waals surface area contributed by atoms with Crippen LogP contribution in [0.3, 0.4) is 0 Å². The highest BCUT2D eigenvalue weighted by Crippen LogP contribution is 2.31. The molecule has 0 spiro atoms. The molecular weight excluding hydrogens is 210 g/mol. The lowest BCUT2D eigenvalue weighted by Crippen LogP contribution is -2.14. The molecule has 0 atom stereocenters. The van der Waals surface area contributed by atoms with Crippen molar-refractivity contribution < 1.29 is 4.74 Å². The van der Waals surface area contributed by atoms with Crippen molar-refractivity contribution in [1.29, 1.82) is 0 Å². The molecule has 2 nitrogen and oxygen atoms in total. The van der Waals surface area contributed by atoms with E-state index in [-0.39, 0.29) is 5.41 Å². The van der Waals surface area contributed by atoms with Gasteiger partial charge in [0.2, 0.25) is 0 Å². The normalized spacial score (nSPS) is 16.5. The summed E-state index contributed by atoms with van der Waals surface area (Å²) in [4.78, 5) is 4.32. The number of nitrogens with zero attached hydrogens (tertiary/aromatic N) is 1. The van der Waals surface area contributed by atoms with Crippen LogP contribution >= 0.6 is 11.6 Å². The molecule has 1 aromatic heterocycles. The Balaban J connectivity index is 2.27. The summed E-state index contributed by atoms with van der Waals surface area (Å²) in [6, 6.07) is 3.78. The number of ether oxygens (including phenoxy) is 1. The van der Waals surface area contributed by atoms with Gasteiger partial charge in [-0.3, -0.25) is 0 Å². The molecule has 0 aromatic carbocycles. The van der Waals surface area contributed by atoms with Gasteiger partial charge in [0, 0.05) is 17.5 Å². The Kier molecular flexibility index (Phi) is 2.63. The molecule has 1 aromatic rings. The molecule has 1 fully saturated rings. The number of hydrogen-bond donors (Lipinski definition) is 0. The Morgan fingerprint density at radius 3 is 2.53 bits per heavy atom. The van der Waals surface area contributed by atoms with Crippen LogP contribution in [0.4, 0.5) is 0 Å². The molecule has 0 radical (unpaired) electrons. The average molecular weight is 226 g/mol. The van der Waals surface area contributed by atoms with Crippen molar-refractivity contribution in [2.24, 2.45) is 0 Å². The average Bonchev–Trinajstić information content (AvgIpc) is 2.85. The Hall–Kier alpha value is -0.760. The second kappa shape index (κ2) is 3.67. The minimum Gasteiger partial charge on any atom is -0.490 e. The Morgan fingerprint density at radius 2 is 2.00 bits per heavy atom. The quantitative estimate of drug-likeness (QED) is 0.718. The van der Waals surface area contributed by atoms with Crippen LogP contribution in [0.15, 0.2) is 12.1 Å². The molecule has 1 saturated carbocycles. The standard InChI is InChI=1S/C12H16ClNO/c1-12(2,3)10-6-9(7-11(13)14-10)15-8-4-5-8/h6-8H,4-5H2,1-3H3. The van der Waals surface area contributed by atoms with Crippen LogP contribution in [0.5, 0.6) is 5.75 Å². The molecule has 3 heteroatoms.